The van der Waals surface area contributed by atoms with Crippen molar-refractivity contribution in [1.29, 1.82) is 0 Å². The molecule has 9 nitrogen and oxygen atoms in total. The molecule has 0 amide bonds. The Morgan fingerprint density at radius 3 is 2.74 bits per heavy atom. The van der Waals surface area contributed by atoms with E-state index in [1.165, 1.54) is 24.5 Å². The highest BCUT2D eigenvalue weighted by atomic mass is 19.4. The number of esters is 1. The van der Waals surface area contributed by atoms with Gasteiger partial charge in [0.25, 0.3) is 0 Å². The number of unbranched alkanes of at least 4 members (excludes halogenated alkanes) is 1. The van der Waals surface area contributed by atoms with E-state index in [1.807, 2.05) is 0 Å². The zero-order valence-electron chi connectivity index (χ0n) is 16.1. The van der Waals surface area contributed by atoms with Gasteiger partial charge >= 0.3 is 12.1 Å². The fourth-order valence-electron chi connectivity index (χ4n) is 3.24. The van der Waals surface area contributed by atoms with Gasteiger partial charge in [0.05, 0.1) is 11.1 Å². The molecule has 31 heavy (non-hydrogen) atoms. The number of ether oxygens (including phenoxy) is 1. The Kier molecular flexibility index (Phi) is 5.23. The SMILES string of the molecule is NCCCCn1nc(-c2cc3ccc(OC(=O)C(F)(F)F)cc3[nH]2)c2c(N)ncnc21. The maximum atomic E-state index is 12.5. The summed E-state index contributed by atoms with van der Waals surface area (Å²) in [6, 6.07) is 5.89. The maximum absolute atomic E-state index is 12.5. The lowest BCUT2D eigenvalue weighted by Gasteiger charge is -2.06. The average molecular weight is 433 g/mol. The molecular weight excluding hydrogens is 415 g/mol. The first-order valence-corrected chi connectivity index (χ1v) is 9.37. The van der Waals surface area contributed by atoms with E-state index in [0.29, 0.717) is 46.4 Å². The summed E-state index contributed by atoms with van der Waals surface area (Å²) in [5.74, 6) is -2.27. The molecular formula is C19H18F3N7O2. The molecule has 1 aromatic carbocycles. The van der Waals surface area contributed by atoms with Gasteiger partial charge in [0.2, 0.25) is 0 Å². The molecule has 3 heterocycles. The highest BCUT2D eigenvalue weighted by Gasteiger charge is 2.41. The highest BCUT2D eigenvalue weighted by molar-refractivity contribution is 6.00. The molecule has 0 aliphatic carbocycles. The van der Waals surface area contributed by atoms with Gasteiger partial charge in [0, 0.05) is 23.5 Å². The van der Waals surface area contributed by atoms with Crippen molar-refractivity contribution in [2.75, 3.05) is 12.3 Å². The summed E-state index contributed by atoms with van der Waals surface area (Å²) >= 11 is 0. The lowest BCUT2D eigenvalue weighted by molar-refractivity contribution is -0.189. The minimum absolute atomic E-state index is 0.233. The number of nitrogens with two attached hydrogens (primary N) is 2. The monoisotopic (exact) mass is 433 g/mol. The summed E-state index contributed by atoms with van der Waals surface area (Å²) in [4.78, 5) is 22.5. The standard InChI is InChI=1S/C19H18F3N7O2/c20-19(21,22)18(30)31-11-4-3-10-7-13(27-12(10)8-11)15-14-16(24)25-9-26-17(14)29(28-15)6-2-1-5-23/h3-4,7-9,27H,1-2,5-6,23H2,(H2,24,25,26). The molecule has 0 radical (unpaired) electrons. The summed E-state index contributed by atoms with van der Waals surface area (Å²) in [5, 5.41) is 5.86. The summed E-state index contributed by atoms with van der Waals surface area (Å²) in [6.45, 7) is 1.15. The van der Waals surface area contributed by atoms with Crippen molar-refractivity contribution in [3.05, 3.63) is 30.6 Å². The van der Waals surface area contributed by atoms with E-state index < -0.39 is 12.1 Å². The molecule has 162 valence electrons. The zero-order valence-corrected chi connectivity index (χ0v) is 16.1. The number of nitrogens with zero attached hydrogens (tertiary/aromatic N) is 4. The predicted molar refractivity (Wildman–Crippen MR) is 107 cm³/mol. The fourth-order valence-corrected chi connectivity index (χ4v) is 3.24. The summed E-state index contributed by atoms with van der Waals surface area (Å²) in [5.41, 5.74) is 13.7. The third-order valence-electron chi connectivity index (χ3n) is 4.67. The molecule has 0 bridgehead atoms. The molecule has 0 fully saturated rings. The van der Waals surface area contributed by atoms with Crippen LogP contribution in [-0.4, -0.2) is 43.4 Å². The molecule has 4 rings (SSSR count). The van der Waals surface area contributed by atoms with Crippen LogP contribution in [0.5, 0.6) is 5.75 Å². The van der Waals surface area contributed by atoms with Gasteiger partial charge in [-0.3, -0.25) is 0 Å². The average Bonchev–Trinajstić information content (AvgIpc) is 3.29. The number of hydrogen-bond donors (Lipinski definition) is 3. The number of nitrogens with one attached hydrogen (secondary N) is 1. The highest BCUT2D eigenvalue weighted by Crippen LogP contribution is 2.33. The number of anilines is 1. The lowest BCUT2D eigenvalue weighted by atomic mass is 10.2. The number of aryl methyl sites for hydroxylation is 1. The van der Waals surface area contributed by atoms with E-state index in [4.69, 9.17) is 11.5 Å². The van der Waals surface area contributed by atoms with Crippen LogP contribution in [0.2, 0.25) is 0 Å². The third-order valence-corrected chi connectivity index (χ3v) is 4.67. The smallest absolute Gasteiger partial charge is 0.420 e. The van der Waals surface area contributed by atoms with Crippen LogP contribution in [0.1, 0.15) is 12.8 Å². The molecule has 0 saturated carbocycles. The van der Waals surface area contributed by atoms with Crippen molar-refractivity contribution in [2.24, 2.45) is 5.73 Å². The van der Waals surface area contributed by atoms with Crippen LogP contribution in [0.3, 0.4) is 0 Å². The zero-order chi connectivity index (χ0) is 22.2. The second-order valence-corrected chi connectivity index (χ2v) is 6.84. The maximum Gasteiger partial charge on any atom is 0.491 e. The molecule has 3 aromatic heterocycles. The van der Waals surface area contributed by atoms with Gasteiger partial charge in [0.15, 0.2) is 5.65 Å². The van der Waals surface area contributed by atoms with Gasteiger partial charge in [0.1, 0.15) is 23.6 Å². The van der Waals surface area contributed by atoms with Crippen molar-refractivity contribution in [1.82, 2.24) is 24.7 Å². The van der Waals surface area contributed by atoms with Gasteiger partial charge in [-0.05, 0) is 37.6 Å². The van der Waals surface area contributed by atoms with E-state index in [0.717, 1.165) is 12.8 Å². The molecule has 4 aromatic rings. The number of halogens is 3. The van der Waals surface area contributed by atoms with Gasteiger partial charge < -0.3 is 21.2 Å². The van der Waals surface area contributed by atoms with Crippen LogP contribution in [0.25, 0.3) is 33.3 Å². The largest absolute Gasteiger partial charge is 0.491 e. The van der Waals surface area contributed by atoms with Gasteiger partial charge in [-0.15, -0.1) is 0 Å². The second-order valence-electron chi connectivity index (χ2n) is 6.84. The molecule has 12 heteroatoms. The van der Waals surface area contributed by atoms with E-state index in [2.05, 4.69) is 24.8 Å². The van der Waals surface area contributed by atoms with E-state index >= 15 is 0 Å². The number of aromatic amines is 1. The number of carbonyl (C=O) groups excluding carboxylic acids is 1. The van der Waals surface area contributed by atoms with Crippen molar-refractivity contribution in [3.63, 3.8) is 0 Å². The second kappa shape index (κ2) is 7.87. The predicted octanol–water partition coefficient (Wildman–Crippen LogP) is 2.76. The first-order valence-electron chi connectivity index (χ1n) is 9.37. The first-order chi connectivity index (χ1) is 14.8. The van der Waals surface area contributed by atoms with Crippen molar-refractivity contribution < 1.29 is 22.7 Å². The molecule has 0 atom stereocenters. The minimum Gasteiger partial charge on any atom is -0.420 e. The van der Waals surface area contributed by atoms with Crippen LogP contribution in [0.4, 0.5) is 19.0 Å². The summed E-state index contributed by atoms with van der Waals surface area (Å²) in [7, 11) is 0. The number of aromatic nitrogens is 5. The van der Waals surface area contributed by atoms with Crippen LogP contribution in [-0.2, 0) is 11.3 Å². The summed E-state index contributed by atoms with van der Waals surface area (Å²) in [6.07, 6.45) is -2.10. The molecule has 0 aliphatic rings. The number of carbonyl (C=O) groups is 1. The van der Waals surface area contributed by atoms with Crippen LogP contribution < -0.4 is 16.2 Å². The molecule has 0 unspecified atom stereocenters. The molecule has 0 saturated heterocycles. The van der Waals surface area contributed by atoms with Gasteiger partial charge in [-0.2, -0.15) is 18.3 Å². The van der Waals surface area contributed by atoms with Crippen LogP contribution >= 0.6 is 0 Å². The van der Waals surface area contributed by atoms with Crippen molar-refractivity contribution >= 4 is 33.7 Å². The Hall–Kier alpha value is -3.67. The van der Waals surface area contributed by atoms with E-state index in [9.17, 15) is 18.0 Å². The topological polar surface area (TPSA) is 138 Å². The third kappa shape index (κ3) is 4.01. The van der Waals surface area contributed by atoms with Gasteiger partial charge in [-0.1, -0.05) is 0 Å². The quantitative estimate of drug-likeness (QED) is 0.241. The van der Waals surface area contributed by atoms with E-state index in [1.54, 1.807) is 10.7 Å². The Morgan fingerprint density at radius 2 is 2.00 bits per heavy atom. The number of alkyl halides is 3. The molecule has 0 spiro atoms. The Bertz CT molecular complexity index is 1260. The Morgan fingerprint density at radius 1 is 1.19 bits per heavy atom. The minimum atomic E-state index is -5.08. The van der Waals surface area contributed by atoms with Gasteiger partial charge in [-0.25, -0.2) is 19.4 Å². The summed E-state index contributed by atoms with van der Waals surface area (Å²) < 4.78 is 43.5. The van der Waals surface area contributed by atoms with Crippen molar-refractivity contribution in [3.8, 4) is 17.1 Å². The number of benzene rings is 1. The fraction of sp³-hybridized carbons (Fsp3) is 0.263. The van der Waals surface area contributed by atoms with Crippen LogP contribution in [0.15, 0.2) is 30.6 Å². The van der Waals surface area contributed by atoms with Crippen molar-refractivity contribution in [2.45, 2.75) is 25.6 Å². The molecule has 5 N–H and O–H groups in total. The number of fused-ring (bicyclic) bond motifs is 2. The Balaban J connectivity index is 1.74. The number of nitrogen functional groups attached to an aromatic ring is 1. The number of H-pyrrole nitrogens is 1. The first kappa shape index (κ1) is 20.6. The normalized spacial score (nSPS) is 12.0. The Labute approximate surface area is 173 Å². The lowest BCUT2D eigenvalue weighted by Crippen LogP contribution is -2.27. The number of rotatable bonds is 6. The molecule has 0 aliphatic heterocycles. The van der Waals surface area contributed by atoms with E-state index in [-0.39, 0.29) is 11.6 Å². The number of hydrogen-bond acceptors (Lipinski definition) is 7. The van der Waals surface area contributed by atoms with Crippen LogP contribution in [0, 0.1) is 0 Å².